The Labute approximate surface area is 87.9 Å². The summed E-state index contributed by atoms with van der Waals surface area (Å²) in [6.07, 6.45) is 0. The van der Waals surface area contributed by atoms with Crippen LogP contribution >= 0.6 is 0 Å². The largest absolute Gasteiger partial charge is 0.372 e. The lowest BCUT2D eigenvalue weighted by Crippen LogP contribution is -2.33. The predicted molar refractivity (Wildman–Crippen MR) is 62.6 cm³/mol. The molecule has 0 unspecified atom stereocenters. The monoisotopic (exact) mass is 197 g/mol. The molecule has 14 heavy (non-hydrogen) atoms. The van der Waals surface area contributed by atoms with Gasteiger partial charge in [-0.1, -0.05) is 27.0 Å². The molecule has 0 radical (unpaired) electrons. The molecule has 0 atom stereocenters. The van der Waals surface area contributed by atoms with Crippen LogP contribution in [0.5, 0.6) is 0 Å². The van der Waals surface area contributed by atoms with E-state index in [1.165, 1.54) is 0 Å². The second kappa shape index (κ2) is 6.35. The maximum Gasteiger partial charge on any atom is 0.0991 e. The van der Waals surface area contributed by atoms with E-state index in [2.05, 4.69) is 44.6 Å². The Hall–Kier alpha value is -1.12. The molecular formula is C11H23N3. The van der Waals surface area contributed by atoms with E-state index in [9.17, 15) is 0 Å². The van der Waals surface area contributed by atoms with Gasteiger partial charge in [-0.2, -0.15) is 0 Å². The SMILES string of the molecule is C=C(NCC(C)C)NC(=C)N(C)CC. The van der Waals surface area contributed by atoms with Crippen molar-refractivity contribution in [3.8, 4) is 0 Å². The van der Waals surface area contributed by atoms with Crippen LogP contribution in [0.4, 0.5) is 0 Å². The molecule has 0 saturated carbocycles. The smallest absolute Gasteiger partial charge is 0.0991 e. The molecule has 0 rings (SSSR count). The van der Waals surface area contributed by atoms with Crippen molar-refractivity contribution in [1.82, 2.24) is 15.5 Å². The van der Waals surface area contributed by atoms with Gasteiger partial charge in [0.2, 0.25) is 0 Å². The quantitative estimate of drug-likeness (QED) is 0.650. The zero-order valence-corrected chi connectivity index (χ0v) is 9.85. The first-order valence-corrected chi connectivity index (χ1v) is 5.07. The lowest BCUT2D eigenvalue weighted by atomic mass is 10.2. The van der Waals surface area contributed by atoms with E-state index in [4.69, 9.17) is 0 Å². The minimum atomic E-state index is 0.616. The molecule has 3 heteroatoms. The minimum absolute atomic E-state index is 0.616. The molecule has 0 spiro atoms. The van der Waals surface area contributed by atoms with Crippen LogP contribution in [0.3, 0.4) is 0 Å². The van der Waals surface area contributed by atoms with Gasteiger partial charge in [0.15, 0.2) is 0 Å². The summed E-state index contributed by atoms with van der Waals surface area (Å²) < 4.78 is 0. The van der Waals surface area contributed by atoms with Crippen molar-refractivity contribution in [2.45, 2.75) is 20.8 Å². The molecule has 82 valence electrons. The fourth-order valence-corrected chi connectivity index (χ4v) is 0.832. The fourth-order valence-electron chi connectivity index (χ4n) is 0.832. The second-order valence-electron chi connectivity index (χ2n) is 3.84. The zero-order valence-electron chi connectivity index (χ0n) is 9.85. The Kier molecular flexibility index (Phi) is 5.84. The lowest BCUT2D eigenvalue weighted by Gasteiger charge is -2.22. The van der Waals surface area contributed by atoms with E-state index in [-0.39, 0.29) is 0 Å². The molecule has 2 N–H and O–H groups in total. The third-order valence-corrected chi connectivity index (χ3v) is 1.95. The van der Waals surface area contributed by atoms with Crippen LogP contribution < -0.4 is 10.6 Å². The summed E-state index contributed by atoms with van der Waals surface area (Å²) in [7, 11) is 1.99. The summed E-state index contributed by atoms with van der Waals surface area (Å²) in [6, 6.07) is 0. The Morgan fingerprint density at radius 2 is 1.93 bits per heavy atom. The molecule has 0 aromatic carbocycles. The first-order valence-electron chi connectivity index (χ1n) is 5.07. The first-order chi connectivity index (χ1) is 6.47. The van der Waals surface area contributed by atoms with Crippen LogP contribution in [-0.2, 0) is 0 Å². The van der Waals surface area contributed by atoms with Crippen LogP contribution in [0.15, 0.2) is 24.8 Å². The molecular weight excluding hydrogens is 174 g/mol. The fraction of sp³-hybridized carbons (Fsp3) is 0.636. The van der Waals surface area contributed by atoms with Crippen molar-refractivity contribution in [3.63, 3.8) is 0 Å². The number of rotatable bonds is 7. The van der Waals surface area contributed by atoms with Crippen LogP contribution in [0, 0.1) is 5.92 Å². The highest BCUT2D eigenvalue weighted by Crippen LogP contribution is 1.95. The van der Waals surface area contributed by atoms with Crippen LogP contribution in [0.25, 0.3) is 0 Å². The van der Waals surface area contributed by atoms with E-state index in [0.29, 0.717) is 5.92 Å². The Balaban J connectivity index is 3.77. The maximum atomic E-state index is 3.91. The number of nitrogens with zero attached hydrogens (tertiary/aromatic N) is 1. The molecule has 0 aliphatic rings. The standard InChI is InChI=1S/C11H23N3/c1-7-14(6)11(5)13-10(4)12-8-9(2)3/h9,12-13H,4-5,7-8H2,1-3,6H3. The Morgan fingerprint density at radius 3 is 2.36 bits per heavy atom. The molecule has 0 aromatic rings. The maximum absolute atomic E-state index is 3.91. The lowest BCUT2D eigenvalue weighted by molar-refractivity contribution is 0.411. The highest BCUT2D eigenvalue weighted by atomic mass is 15.3. The van der Waals surface area contributed by atoms with Gasteiger partial charge in [-0.3, -0.25) is 0 Å². The minimum Gasteiger partial charge on any atom is -0.372 e. The van der Waals surface area contributed by atoms with E-state index >= 15 is 0 Å². The third kappa shape index (κ3) is 5.51. The van der Waals surface area contributed by atoms with Gasteiger partial charge in [-0.05, 0) is 12.8 Å². The average molecular weight is 197 g/mol. The summed E-state index contributed by atoms with van der Waals surface area (Å²) in [5, 5.41) is 6.31. The van der Waals surface area contributed by atoms with Crippen molar-refractivity contribution >= 4 is 0 Å². The van der Waals surface area contributed by atoms with Gasteiger partial charge in [-0.15, -0.1) is 0 Å². The van der Waals surface area contributed by atoms with Crippen LogP contribution in [-0.4, -0.2) is 25.0 Å². The highest BCUT2D eigenvalue weighted by Gasteiger charge is 2.00. The predicted octanol–water partition coefficient (Wildman–Crippen LogP) is 1.72. The van der Waals surface area contributed by atoms with E-state index in [1.54, 1.807) is 0 Å². The van der Waals surface area contributed by atoms with Gasteiger partial charge in [0, 0.05) is 20.1 Å². The van der Waals surface area contributed by atoms with Crippen molar-refractivity contribution < 1.29 is 0 Å². The molecule has 0 aliphatic heterocycles. The molecule has 0 aromatic heterocycles. The average Bonchev–Trinajstić information content (AvgIpc) is 2.13. The van der Waals surface area contributed by atoms with Crippen molar-refractivity contribution in [1.29, 1.82) is 0 Å². The number of hydrogen-bond acceptors (Lipinski definition) is 3. The highest BCUT2D eigenvalue weighted by molar-refractivity contribution is 5.01. The summed E-state index contributed by atoms with van der Waals surface area (Å²) in [5.41, 5.74) is 0. The van der Waals surface area contributed by atoms with Gasteiger partial charge in [0.1, 0.15) is 0 Å². The molecule has 0 fully saturated rings. The summed E-state index contributed by atoms with van der Waals surface area (Å²) >= 11 is 0. The Bertz CT molecular complexity index is 197. The molecule has 0 amide bonds. The first kappa shape index (κ1) is 12.9. The number of hydrogen-bond donors (Lipinski definition) is 2. The normalized spacial score (nSPS) is 9.79. The van der Waals surface area contributed by atoms with Crippen molar-refractivity contribution in [2.75, 3.05) is 20.1 Å². The molecule has 0 bridgehead atoms. The van der Waals surface area contributed by atoms with Gasteiger partial charge in [-0.25, -0.2) is 0 Å². The molecule has 0 heterocycles. The van der Waals surface area contributed by atoms with E-state index in [1.807, 2.05) is 11.9 Å². The van der Waals surface area contributed by atoms with Gasteiger partial charge in [0.05, 0.1) is 11.6 Å². The zero-order chi connectivity index (χ0) is 11.1. The van der Waals surface area contributed by atoms with Crippen LogP contribution in [0.1, 0.15) is 20.8 Å². The molecule has 3 nitrogen and oxygen atoms in total. The summed E-state index contributed by atoms with van der Waals surface area (Å²) in [4.78, 5) is 2.03. The summed E-state index contributed by atoms with van der Waals surface area (Å²) in [6.45, 7) is 16.0. The van der Waals surface area contributed by atoms with Crippen LogP contribution in [0.2, 0.25) is 0 Å². The Morgan fingerprint density at radius 1 is 1.36 bits per heavy atom. The number of nitrogens with one attached hydrogen (secondary N) is 2. The molecule has 0 saturated heterocycles. The van der Waals surface area contributed by atoms with Gasteiger partial charge in [0.25, 0.3) is 0 Å². The van der Waals surface area contributed by atoms with Gasteiger partial charge >= 0.3 is 0 Å². The van der Waals surface area contributed by atoms with Gasteiger partial charge < -0.3 is 15.5 Å². The summed E-state index contributed by atoms with van der Waals surface area (Å²) in [5.74, 6) is 2.29. The third-order valence-electron chi connectivity index (χ3n) is 1.95. The molecule has 0 aliphatic carbocycles. The van der Waals surface area contributed by atoms with E-state index in [0.717, 1.165) is 24.7 Å². The topological polar surface area (TPSA) is 27.3 Å². The van der Waals surface area contributed by atoms with E-state index < -0.39 is 0 Å². The second-order valence-corrected chi connectivity index (χ2v) is 3.84. The van der Waals surface area contributed by atoms with Crippen molar-refractivity contribution in [2.24, 2.45) is 5.92 Å². The van der Waals surface area contributed by atoms with Crippen molar-refractivity contribution in [3.05, 3.63) is 24.8 Å².